The van der Waals surface area contributed by atoms with E-state index in [2.05, 4.69) is 28.2 Å². The molecule has 708 valence electrons. The van der Waals surface area contributed by atoms with E-state index in [0.29, 0.717) is 6.42 Å². The number of aliphatic carboxylic acids is 2. The Morgan fingerprint density at radius 1 is 0.434 bits per heavy atom. The Balaban J connectivity index is 1.05. The van der Waals surface area contributed by atoms with Crippen LogP contribution < -0.4 is 31.5 Å². The van der Waals surface area contributed by atoms with Crippen LogP contribution in [0.25, 0.3) is 0 Å². The normalized spacial score (nSPS) is 40.1. The zero-order chi connectivity index (χ0) is 90.5. The van der Waals surface area contributed by atoms with E-state index < -0.39 is 340 Å². The van der Waals surface area contributed by atoms with Crippen LogP contribution in [-0.4, -0.2) is 451 Å². The minimum Gasteiger partial charge on any atom is -0.544 e. The van der Waals surface area contributed by atoms with Crippen LogP contribution in [0.2, 0.25) is 0 Å². The summed E-state index contributed by atoms with van der Waals surface area (Å²) in [5, 5.41) is 293. The van der Waals surface area contributed by atoms with Crippen molar-refractivity contribution in [3.05, 3.63) is 0 Å². The van der Waals surface area contributed by atoms with Crippen molar-refractivity contribution >= 4 is 36.1 Å². The highest BCUT2D eigenvalue weighted by Crippen LogP contribution is 2.42. The van der Waals surface area contributed by atoms with Crippen LogP contribution in [0.1, 0.15) is 124 Å². The number of nitrogens with one attached hydrogen (secondary N) is 4. The summed E-state index contributed by atoms with van der Waals surface area (Å²) in [7, 11) is 0. The Kier molecular flexibility index (Phi) is 41.6. The molecule has 7 saturated heterocycles. The highest BCUT2D eigenvalue weighted by Gasteiger charge is 2.62. The molecule has 7 aliphatic rings. The maximum Gasteiger partial charge on any atom is 0.217 e. The van der Waals surface area contributed by atoms with Gasteiger partial charge in [-0.3, -0.25) is 19.2 Å². The molecule has 7 heterocycles. The van der Waals surface area contributed by atoms with Gasteiger partial charge >= 0.3 is 0 Å². The summed E-state index contributed by atoms with van der Waals surface area (Å²) >= 11 is 0. The Morgan fingerprint density at radius 3 is 1.28 bits per heavy atom. The van der Waals surface area contributed by atoms with E-state index in [-0.39, 0.29) is 12.8 Å². The Hall–Kier alpha value is -4.66. The molecule has 49 nitrogen and oxygen atoms in total. The number of carboxylic acids is 2. The predicted molar refractivity (Wildman–Crippen MR) is 390 cm³/mol. The second kappa shape index (κ2) is 48.7. The maximum absolute atomic E-state index is 13.6. The van der Waals surface area contributed by atoms with E-state index in [0.717, 1.165) is 52.9 Å². The van der Waals surface area contributed by atoms with Gasteiger partial charge in [-0.2, -0.15) is 0 Å². The van der Waals surface area contributed by atoms with E-state index in [1.54, 1.807) is 0 Å². The number of hydrogen-bond donors (Lipinski definition) is 27. The SMILES string of the molecule is CCCCCCCCCCCCCC[C@@H](O)[C@@H](O)[C@H](CO[C@@H]1O[C@H](CO)[C@@H](O[C@@H]2O[C@H](CO)[C@H](O[C@H]3O[C@H](CO)[C@H](O)[C@H](O[C@@H]4O[C@H](CO)[C@H](O)[C@H](O[C@@H]5O[C@H](CO)[C@H](O)[C@H](O[C@]6(C(=O)[O-])C[C@H](O)[C@@H](NC(C)=O)[C@H]([C@H](O)[C@@H](CO)O[C@]7(C(=O)[O-])C[C@H](O)[C@@H](NC(C)=O)[C@H]([C@H](O)[C@H](O)CO)O7)O6)[C@H]5O)[C@H]4NC(C)=O)[C@H]3O)[C@H](O)[C@H]2O)[C@H](O)[C@H]1O)NC=O. The lowest BCUT2D eigenvalue weighted by atomic mass is 9.87. The number of carboxylic acid groups (broad SMARTS) is 2. The molecule has 0 aromatic heterocycles. The summed E-state index contributed by atoms with van der Waals surface area (Å²) in [6.07, 6.45) is -64.3. The van der Waals surface area contributed by atoms with Crippen LogP contribution in [-0.2, 0) is 95.1 Å². The van der Waals surface area contributed by atoms with Gasteiger partial charge in [-0.05, 0) is 6.42 Å². The number of unbranched alkanes of at least 4 members (excludes halogenated alkanes) is 11. The lowest BCUT2D eigenvalue weighted by molar-refractivity contribution is -0.415. The lowest BCUT2D eigenvalue weighted by Gasteiger charge is -2.53. The molecule has 0 aliphatic carbocycles. The second-order valence-electron chi connectivity index (χ2n) is 31.5. The number of rotatable bonds is 48. The van der Waals surface area contributed by atoms with E-state index >= 15 is 0 Å². The third-order valence-corrected chi connectivity index (χ3v) is 22.5. The largest absolute Gasteiger partial charge is 0.544 e. The number of carbonyl (C=O) groups excluding carboxylic acids is 6. The molecule has 0 aromatic rings. The Morgan fingerprint density at radius 2 is 0.820 bits per heavy atom. The fourth-order valence-electron chi connectivity index (χ4n) is 15.9. The molecule has 122 heavy (non-hydrogen) atoms. The van der Waals surface area contributed by atoms with Crippen LogP contribution >= 0.6 is 0 Å². The van der Waals surface area contributed by atoms with Gasteiger partial charge in [0.05, 0.1) is 89.3 Å². The van der Waals surface area contributed by atoms with Gasteiger partial charge < -0.3 is 225 Å². The van der Waals surface area contributed by atoms with Gasteiger partial charge in [0.25, 0.3) is 0 Å². The van der Waals surface area contributed by atoms with Crippen molar-refractivity contribution in [2.45, 2.75) is 368 Å². The number of hydrogen-bond acceptors (Lipinski definition) is 45. The first-order valence-corrected chi connectivity index (χ1v) is 40.6. The highest BCUT2D eigenvalue weighted by molar-refractivity contribution is 5.76. The highest BCUT2D eigenvalue weighted by atomic mass is 16.8. The topological polar surface area (TPSA) is 791 Å². The van der Waals surface area contributed by atoms with Crippen LogP contribution in [0, 0.1) is 0 Å². The predicted octanol–water partition coefficient (Wildman–Crippen LogP) is -16.2. The van der Waals surface area contributed by atoms with Gasteiger partial charge in [-0.1, -0.05) is 84.0 Å². The number of aliphatic hydroxyl groups excluding tert-OH is 23. The molecule has 7 rings (SSSR count). The van der Waals surface area contributed by atoms with Crippen molar-refractivity contribution in [3.63, 3.8) is 0 Å². The van der Waals surface area contributed by atoms with Crippen molar-refractivity contribution < 1.29 is 223 Å². The van der Waals surface area contributed by atoms with E-state index in [1.807, 2.05) is 0 Å². The minimum atomic E-state index is -3.68. The zero-order valence-corrected chi connectivity index (χ0v) is 67.5. The lowest BCUT2D eigenvalue weighted by Crippen LogP contribution is -2.73. The molecule has 0 bridgehead atoms. The number of aliphatic hydroxyl groups is 23. The van der Waals surface area contributed by atoms with Crippen LogP contribution in [0.15, 0.2) is 0 Å². The van der Waals surface area contributed by atoms with Gasteiger partial charge in [-0.25, -0.2) is 0 Å². The van der Waals surface area contributed by atoms with E-state index in [9.17, 15) is 156 Å². The molecule has 27 N–H and O–H groups in total. The van der Waals surface area contributed by atoms with Crippen molar-refractivity contribution in [1.29, 1.82) is 0 Å². The van der Waals surface area contributed by atoms with Crippen LogP contribution in [0.3, 0.4) is 0 Å². The van der Waals surface area contributed by atoms with Crippen molar-refractivity contribution in [1.82, 2.24) is 21.3 Å². The molecular weight excluding hydrogens is 1650 g/mol. The Labute approximate surface area is 699 Å². The molecule has 49 heteroatoms. The number of ether oxygens (including phenoxy) is 14. The van der Waals surface area contributed by atoms with Crippen molar-refractivity contribution in [3.8, 4) is 0 Å². The van der Waals surface area contributed by atoms with Gasteiger partial charge in [0.2, 0.25) is 35.7 Å². The second-order valence-corrected chi connectivity index (χ2v) is 31.5. The first kappa shape index (κ1) is 104. The fraction of sp³-hybridized carbons (Fsp3) is 0.918. The molecule has 7 aliphatic heterocycles. The minimum absolute atomic E-state index is 0.163. The van der Waals surface area contributed by atoms with Crippen molar-refractivity contribution in [2.75, 3.05) is 52.9 Å². The molecule has 0 unspecified atom stereocenters. The van der Waals surface area contributed by atoms with E-state index in [4.69, 9.17) is 66.3 Å². The average molecular weight is 1780 g/mol. The smallest absolute Gasteiger partial charge is 0.217 e. The van der Waals surface area contributed by atoms with Crippen LogP contribution in [0.5, 0.6) is 0 Å². The molecular formula is C73H124N4O45-2. The third-order valence-electron chi connectivity index (χ3n) is 22.5. The monoisotopic (exact) mass is 1780 g/mol. The standard InChI is InChI=1S/C73H126N4O45/c1-5-6-7-8-9-10-11-12-13-14-15-16-17-33(89)46(93)32(74-28-85)27-109-66-54(101)52(99)58(41(25-83)113-66)115-67-55(102)53(100)59(42(26-84)114-67)116-68-56(103)63(49(96)38(22-80)111-68)118-65-45(77-31(4)88)60(48(95)37(21-79)110-65)117-69-57(104)64(50(97)39(23-81)112-69)122-73(71(107)108)19-35(91)44(76-30(3)87)62(121-73)51(98)40(24-82)119-72(70(105)106)18-34(90)43(75-29(2)86)61(120-72)47(94)36(92)20-78/h28,32-69,78-84,89-104H,5-27H2,1-4H3,(H,74,85)(H,75,86)(H,76,87)(H,77,88)(H,105,106)(H,107,108)/p-2/t32-,33+,34-,35-,36+,37+,38+,39+,40+,41+,42+,43+,44+,45+,46-,47+,48-,49-,50-,51+,52+,53+,54+,55+,56+,57+,58+,59-,60+,61+,62+,63-,64-,65-,66+,67-,68+,69-,72+,73-/m0/s1. The van der Waals surface area contributed by atoms with Gasteiger partial charge in [0, 0.05) is 33.6 Å². The first-order chi connectivity index (χ1) is 57.8. The molecule has 7 fully saturated rings. The molecule has 0 radical (unpaired) electrons. The summed E-state index contributed by atoms with van der Waals surface area (Å²) < 4.78 is 80.8. The first-order valence-electron chi connectivity index (χ1n) is 40.6. The molecule has 0 spiro atoms. The van der Waals surface area contributed by atoms with Gasteiger partial charge in [0.15, 0.2) is 31.5 Å². The molecule has 0 aromatic carbocycles. The zero-order valence-electron chi connectivity index (χ0n) is 67.5. The van der Waals surface area contributed by atoms with Crippen LogP contribution in [0.4, 0.5) is 0 Å². The molecule has 4 amide bonds. The number of carbonyl (C=O) groups is 6. The summed E-state index contributed by atoms with van der Waals surface area (Å²) in [5.41, 5.74) is 0. The molecule has 0 saturated carbocycles. The Bertz CT molecular complexity index is 3170. The van der Waals surface area contributed by atoms with E-state index in [1.165, 1.54) is 38.5 Å². The van der Waals surface area contributed by atoms with Crippen molar-refractivity contribution in [2.24, 2.45) is 0 Å². The number of amides is 4. The van der Waals surface area contributed by atoms with Gasteiger partial charge in [0.1, 0.15) is 177 Å². The third kappa shape index (κ3) is 25.9. The molecule has 40 atom stereocenters. The summed E-state index contributed by atoms with van der Waals surface area (Å²) in [5.74, 6) is -15.2. The fourth-order valence-corrected chi connectivity index (χ4v) is 15.9. The summed E-state index contributed by atoms with van der Waals surface area (Å²) in [6, 6.07) is -7.26. The van der Waals surface area contributed by atoms with Gasteiger partial charge in [-0.15, -0.1) is 0 Å². The maximum atomic E-state index is 13.6. The quantitative estimate of drug-likeness (QED) is 0.0199. The summed E-state index contributed by atoms with van der Waals surface area (Å²) in [6.45, 7) is -4.53. The summed E-state index contributed by atoms with van der Waals surface area (Å²) in [4.78, 5) is 76.4. The average Bonchev–Trinajstić information content (AvgIpc) is 0.762.